The van der Waals surface area contributed by atoms with Crippen LogP contribution in [0.2, 0.25) is 0 Å². The molecule has 0 aliphatic carbocycles. The van der Waals surface area contributed by atoms with Crippen molar-refractivity contribution in [2.75, 3.05) is 12.4 Å². The molecular formula is C10H17ClN4. The number of likely N-dealkylation sites (tertiary alicyclic amines) is 1. The van der Waals surface area contributed by atoms with Crippen molar-refractivity contribution >= 4 is 11.6 Å². The summed E-state index contributed by atoms with van der Waals surface area (Å²) in [6.45, 7) is 4.24. The Kier molecular flexibility index (Phi) is 3.26. The molecule has 5 heteroatoms. The summed E-state index contributed by atoms with van der Waals surface area (Å²) in [4.78, 5) is 6.67. The van der Waals surface area contributed by atoms with Gasteiger partial charge in [-0.1, -0.05) is 0 Å². The summed E-state index contributed by atoms with van der Waals surface area (Å²) in [5, 5.41) is 4.08. The van der Waals surface area contributed by atoms with Gasteiger partial charge >= 0.3 is 0 Å². The third-order valence-electron chi connectivity index (χ3n) is 3.39. The van der Waals surface area contributed by atoms with Crippen molar-refractivity contribution in [1.82, 2.24) is 19.7 Å². The molecule has 0 bridgehead atoms. The molecule has 1 saturated heterocycles. The first-order chi connectivity index (χ1) is 7.22. The lowest BCUT2D eigenvalue weighted by molar-refractivity contribution is 0.231. The van der Waals surface area contributed by atoms with Gasteiger partial charge in [0.1, 0.15) is 12.2 Å². The van der Waals surface area contributed by atoms with E-state index in [2.05, 4.69) is 21.9 Å². The topological polar surface area (TPSA) is 34.0 Å². The molecule has 84 valence electrons. The Morgan fingerprint density at radius 1 is 1.60 bits per heavy atom. The van der Waals surface area contributed by atoms with Crippen LogP contribution in [0.5, 0.6) is 0 Å². The second-order valence-corrected chi connectivity index (χ2v) is 4.52. The molecule has 0 spiro atoms. The van der Waals surface area contributed by atoms with Gasteiger partial charge in [0, 0.05) is 19.0 Å². The average molecular weight is 229 g/mol. The molecule has 2 atom stereocenters. The Hall–Kier alpha value is -0.610. The first-order valence-electron chi connectivity index (χ1n) is 5.35. The van der Waals surface area contributed by atoms with E-state index >= 15 is 0 Å². The molecule has 2 heterocycles. The van der Waals surface area contributed by atoms with Crippen LogP contribution >= 0.6 is 11.6 Å². The third kappa shape index (κ3) is 2.16. The maximum atomic E-state index is 5.92. The number of rotatable bonds is 3. The van der Waals surface area contributed by atoms with Crippen LogP contribution in [0.4, 0.5) is 0 Å². The van der Waals surface area contributed by atoms with Crippen molar-refractivity contribution < 1.29 is 0 Å². The van der Waals surface area contributed by atoms with Gasteiger partial charge in [0.2, 0.25) is 0 Å². The van der Waals surface area contributed by atoms with Crippen molar-refractivity contribution in [2.45, 2.75) is 25.9 Å². The zero-order chi connectivity index (χ0) is 10.8. The Bertz CT molecular complexity index is 325. The standard InChI is InChI=1S/C10H17ClN4/c1-8-9(5-11)3-4-15(8)6-10-12-7-13-14(10)2/h7-9H,3-6H2,1-2H3. The van der Waals surface area contributed by atoms with Crippen LogP contribution in [0.15, 0.2) is 6.33 Å². The Morgan fingerprint density at radius 2 is 2.40 bits per heavy atom. The summed E-state index contributed by atoms with van der Waals surface area (Å²) in [5.41, 5.74) is 0. The minimum Gasteiger partial charge on any atom is -0.293 e. The van der Waals surface area contributed by atoms with Crippen LogP contribution in [0, 0.1) is 5.92 Å². The molecule has 15 heavy (non-hydrogen) atoms. The van der Waals surface area contributed by atoms with Gasteiger partial charge in [0.05, 0.1) is 6.54 Å². The van der Waals surface area contributed by atoms with Gasteiger partial charge in [0.15, 0.2) is 0 Å². The average Bonchev–Trinajstić information content (AvgIpc) is 2.77. The van der Waals surface area contributed by atoms with Gasteiger partial charge in [-0.2, -0.15) is 5.10 Å². The second kappa shape index (κ2) is 4.49. The van der Waals surface area contributed by atoms with Gasteiger partial charge in [-0.15, -0.1) is 11.6 Å². The largest absolute Gasteiger partial charge is 0.293 e. The van der Waals surface area contributed by atoms with E-state index in [1.807, 2.05) is 11.7 Å². The quantitative estimate of drug-likeness (QED) is 0.731. The molecule has 0 saturated carbocycles. The fourth-order valence-electron chi connectivity index (χ4n) is 2.15. The van der Waals surface area contributed by atoms with E-state index < -0.39 is 0 Å². The highest BCUT2D eigenvalue weighted by Gasteiger charge is 2.30. The van der Waals surface area contributed by atoms with E-state index in [0.29, 0.717) is 12.0 Å². The molecule has 2 rings (SSSR count). The van der Waals surface area contributed by atoms with Crippen LogP contribution in [0.3, 0.4) is 0 Å². The van der Waals surface area contributed by atoms with Gasteiger partial charge in [-0.05, 0) is 25.8 Å². The first kappa shape index (κ1) is 10.9. The Balaban J connectivity index is 1.99. The van der Waals surface area contributed by atoms with E-state index in [0.717, 1.165) is 24.8 Å². The highest BCUT2D eigenvalue weighted by atomic mass is 35.5. The second-order valence-electron chi connectivity index (χ2n) is 4.21. The zero-order valence-electron chi connectivity index (χ0n) is 9.23. The number of alkyl halides is 1. The van der Waals surface area contributed by atoms with E-state index in [4.69, 9.17) is 11.6 Å². The lowest BCUT2D eigenvalue weighted by atomic mass is 10.1. The lowest BCUT2D eigenvalue weighted by Gasteiger charge is -2.22. The van der Waals surface area contributed by atoms with E-state index in [9.17, 15) is 0 Å². The molecule has 4 nitrogen and oxygen atoms in total. The molecule has 1 aliphatic rings. The summed E-state index contributed by atoms with van der Waals surface area (Å²) >= 11 is 5.92. The van der Waals surface area contributed by atoms with Crippen LogP contribution < -0.4 is 0 Å². The fraction of sp³-hybridized carbons (Fsp3) is 0.800. The summed E-state index contributed by atoms with van der Waals surface area (Å²) in [6, 6.07) is 0.555. The Morgan fingerprint density at radius 3 is 2.93 bits per heavy atom. The van der Waals surface area contributed by atoms with Crippen LogP contribution in [-0.4, -0.2) is 38.1 Å². The molecule has 1 aromatic heterocycles. The molecular weight excluding hydrogens is 212 g/mol. The molecule has 1 aromatic rings. The van der Waals surface area contributed by atoms with Crippen molar-refractivity contribution in [3.8, 4) is 0 Å². The molecule has 1 fully saturated rings. The maximum Gasteiger partial charge on any atom is 0.140 e. The van der Waals surface area contributed by atoms with E-state index in [1.54, 1.807) is 6.33 Å². The third-order valence-corrected chi connectivity index (χ3v) is 3.79. The minimum atomic E-state index is 0.555. The van der Waals surface area contributed by atoms with Gasteiger partial charge < -0.3 is 0 Å². The number of aryl methyl sites for hydroxylation is 1. The summed E-state index contributed by atoms with van der Waals surface area (Å²) in [6.07, 6.45) is 2.80. The smallest absolute Gasteiger partial charge is 0.140 e. The maximum absolute atomic E-state index is 5.92. The molecule has 2 unspecified atom stereocenters. The van der Waals surface area contributed by atoms with Crippen molar-refractivity contribution in [3.05, 3.63) is 12.2 Å². The van der Waals surface area contributed by atoms with E-state index in [-0.39, 0.29) is 0 Å². The Labute approximate surface area is 95.2 Å². The highest BCUT2D eigenvalue weighted by Crippen LogP contribution is 2.26. The molecule has 1 aliphatic heterocycles. The molecule has 0 amide bonds. The number of aromatic nitrogens is 3. The molecule has 0 radical (unpaired) electrons. The normalized spacial score (nSPS) is 27.4. The number of hydrogen-bond donors (Lipinski definition) is 0. The zero-order valence-corrected chi connectivity index (χ0v) is 9.98. The van der Waals surface area contributed by atoms with Crippen LogP contribution in [0.25, 0.3) is 0 Å². The monoisotopic (exact) mass is 228 g/mol. The van der Waals surface area contributed by atoms with Gasteiger partial charge in [-0.3, -0.25) is 9.58 Å². The highest BCUT2D eigenvalue weighted by molar-refractivity contribution is 6.18. The number of nitrogens with zero attached hydrogens (tertiary/aromatic N) is 4. The van der Waals surface area contributed by atoms with Crippen LogP contribution in [-0.2, 0) is 13.6 Å². The summed E-state index contributed by atoms with van der Waals surface area (Å²) in [5.74, 6) is 2.41. The molecule has 0 aromatic carbocycles. The predicted octanol–water partition coefficient (Wildman–Crippen LogP) is 1.26. The summed E-state index contributed by atoms with van der Waals surface area (Å²) in [7, 11) is 1.93. The van der Waals surface area contributed by atoms with Crippen molar-refractivity contribution in [3.63, 3.8) is 0 Å². The lowest BCUT2D eigenvalue weighted by Crippen LogP contribution is -2.31. The van der Waals surface area contributed by atoms with Crippen LogP contribution in [0.1, 0.15) is 19.2 Å². The minimum absolute atomic E-state index is 0.555. The molecule has 0 N–H and O–H groups in total. The van der Waals surface area contributed by atoms with Gasteiger partial charge in [-0.25, -0.2) is 4.98 Å². The van der Waals surface area contributed by atoms with Crippen molar-refractivity contribution in [1.29, 1.82) is 0 Å². The van der Waals surface area contributed by atoms with E-state index in [1.165, 1.54) is 6.42 Å². The number of hydrogen-bond acceptors (Lipinski definition) is 3. The fourth-order valence-corrected chi connectivity index (χ4v) is 2.56. The SMILES string of the molecule is CC1C(CCl)CCN1Cc1ncnn1C. The summed E-state index contributed by atoms with van der Waals surface area (Å²) < 4.78 is 1.83. The predicted molar refractivity (Wildman–Crippen MR) is 59.7 cm³/mol. The van der Waals surface area contributed by atoms with Gasteiger partial charge in [0.25, 0.3) is 0 Å². The first-order valence-corrected chi connectivity index (χ1v) is 5.88. The van der Waals surface area contributed by atoms with Crippen molar-refractivity contribution in [2.24, 2.45) is 13.0 Å². The number of halogens is 1.